The maximum Gasteiger partial charge on any atom is 0.261 e. The summed E-state index contributed by atoms with van der Waals surface area (Å²) in [5.41, 5.74) is -0.414. The van der Waals surface area contributed by atoms with Crippen molar-refractivity contribution < 1.29 is 14.6 Å². The van der Waals surface area contributed by atoms with E-state index in [0.29, 0.717) is 10.8 Å². The number of hydrogen-bond donors (Lipinski definition) is 2. The smallest absolute Gasteiger partial charge is 0.261 e. The highest BCUT2D eigenvalue weighted by atomic mass is 35.5. The summed E-state index contributed by atoms with van der Waals surface area (Å²) in [5.74, 6) is 0.334. The molecular formula is C13H16ClNO3. The predicted octanol–water partition coefficient (Wildman–Crippen LogP) is 1.75. The fraction of sp³-hybridized carbons (Fsp3) is 0.462. The third kappa shape index (κ3) is 3.15. The molecule has 1 atom stereocenters. The molecule has 1 aliphatic carbocycles. The van der Waals surface area contributed by atoms with Gasteiger partial charge in [0.05, 0.1) is 12.1 Å². The highest BCUT2D eigenvalue weighted by Crippen LogP contribution is 2.34. The van der Waals surface area contributed by atoms with Crippen molar-refractivity contribution in [2.75, 3.05) is 6.61 Å². The number of hydrogen-bond acceptors (Lipinski definition) is 3. The number of benzene rings is 1. The molecule has 4 nitrogen and oxygen atoms in total. The van der Waals surface area contributed by atoms with Crippen LogP contribution in [0.25, 0.3) is 0 Å². The molecule has 0 aliphatic heterocycles. The van der Waals surface area contributed by atoms with Crippen LogP contribution in [0, 0.1) is 0 Å². The van der Waals surface area contributed by atoms with Gasteiger partial charge in [0.1, 0.15) is 5.75 Å². The number of rotatable bonds is 5. The molecule has 1 fully saturated rings. The minimum Gasteiger partial charge on any atom is -0.481 e. The molecule has 98 valence electrons. The molecule has 1 aliphatic rings. The van der Waals surface area contributed by atoms with Crippen molar-refractivity contribution in [2.24, 2.45) is 0 Å². The summed E-state index contributed by atoms with van der Waals surface area (Å²) < 4.78 is 5.50. The largest absolute Gasteiger partial charge is 0.481 e. The van der Waals surface area contributed by atoms with Gasteiger partial charge >= 0.3 is 0 Å². The highest BCUT2D eigenvalue weighted by Gasteiger charge is 2.44. The second kappa shape index (κ2) is 5.16. The number of ether oxygens (including phenoxy) is 1. The van der Waals surface area contributed by atoms with Gasteiger partial charge < -0.3 is 15.2 Å². The molecule has 1 saturated carbocycles. The first-order valence-corrected chi connectivity index (χ1v) is 6.28. The van der Waals surface area contributed by atoms with Crippen LogP contribution in [0.2, 0.25) is 5.02 Å². The van der Waals surface area contributed by atoms with Gasteiger partial charge in [0.2, 0.25) is 0 Å². The molecule has 1 aromatic carbocycles. The molecule has 1 amide bonds. The summed E-state index contributed by atoms with van der Waals surface area (Å²) in [7, 11) is 0. The minimum atomic E-state index is -0.618. The third-order valence-corrected chi connectivity index (χ3v) is 3.26. The first kappa shape index (κ1) is 13.2. The number of nitrogens with one attached hydrogen (secondary N) is 1. The van der Waals surface area contributed by atoms with Crippen LogP contribution in [0.5, 0.6) is 5.75 Å². The third-order valence-electron chi connectivity index (χ3n) is 3.02. The van der Waals surface area contributed by atoms with Gasteiger partial charge in [-0.05, 0) is 38.0 Å². The Morgan fingerprint density at radius 2 is 2.33 bits per heavy atom. The molecule has 2 N–H and O–H groups in total. The van der Waals surface area contributed by atoms with E-state index in [-0.39, 0.29) is 12.5 Å². The van der Waals surface area contributed by atoms with E-state index < -0.39 is 11.6 Å². The van der Waals surface area contributed by atoms with E-state index in [9.17, 15) is 4.79 Å². The molecule has 2 rings (SSSR count). The van der Waals surface area contributed by atoms with Crippen LogP contribution in [-0.2, 0) is 4.79 Å². The molecule has 0 bridgehead atoms. The number of aliphatic hydroxyl groups excluding tert-OH is 1. The number of amides is 1. The van der Waals surface area contributed by atoms with Crippen molar-refractivity contribution in [3.05, 3.63) is 29.3 Å². The lowest BCUT2D eigenvalue weighted by atomic mass is 10.2. The Morgan fingerprint density at radius 3 is 2.89 bits per heavy atom. The summed E-state index contributed by atoms with van der Waals surface area (Å²) in [5, 5.41) is 12.5. The molecule has 1 aromatic rings. The first-order chi connectivity index (χ1) is 8.54. The van der Waals surface area contributed by atoms with Gasteiger partial charge in [-0.2, -0.15) is 0 Å². The average Bonchev–Trinajstić information content (AvgIpc) is 3.09. The summed E-state index contributed by atoms with van der Waals surface area (Å²) in [6.45, 7) is 1.65. The quantitative estimate of drug-likeness (QED) is 0.856. The van der Waals surface area contributed by atoms with Crippen molar-refractivity contribution in [1.29, 1.82) is 0 Å². The molecule has 1 unspecified atom stereocenters. The fourth-order valence-corrected chi connectivity index (χ4v) is 1.81. The van der Waals surface area contributed by atoms with E-state index in [4.69, 9.17) is 21.4 Å². The van der Waals surface area contributed by atoms with Crippen molar-refractivity contribution in [3.8, 4) is 5.75 Å². The zero-order chi connectivity index (χ0) is 13.2. The van der Waals surface area contributed by atoms with Crippen LogP contribution < -0.4 is 10.1 Å². The SMILES string of the molecule is CC(Oc1cccc(Cl)c1)C(=O)NC1(CO)CC1. The Balaban J connectivity index is 1.91. The Labute approximate surface area is 111 Å². The lowest BCUT2D eigenvalue weighted by Crippen LogP contribution is -2.45. The summed E-state index contributed by atoms with van der Waals surface area (Å²) in [4.78, 5) is 11.9. The van der Waals surface area contributed by atoms with E-state index in [1.807, 2.05) is 0 Å². The van der Waals surface area contributed by atoms with E-state index in [1.54, 1.807) is 31.2 Å². The molecule has 0 spiro atoms. The highest BCUT2D eigenvalue weighted by molar-refractivity contribution is 6.30. The summed E-state index contributed by atoms with van der Waals surface area (Å²) in [6, 6.07) is 6.90. The van der Waals surface area contributed by atoms with Gasteiger partial charge in [-0.15, -0.1) is 0 Å². The Kier molecular flexibility index (Phi) is 3.78. The van der Waals surface area contributed by atoms with Crippen LogP contribution in [0.1, 0.15) is 19.8 Å². The number of carbonyl (C=O) groups excluding carboxylic acids is 1. The lowest BCUT2D eigenvalue weighted by molar-refractivity contribution is -0.128. The van der Waals surface area contributed by atoms with Crippen LogP contribution in [0.4, 0.5) is 0 Å². The van der Waals surface area contributed by atoms with Crippen molar-refractivity contribution in [1.82, 2.24) is 5.32 Å². The topological polar surface area (TPSA) is 58.6 Å². The molecule has 0 heterocycles. The average molecular weight is 270 g/mol. The number of halogens is 1. The normalized spacial score (nSPS) is 17.9. The van der Waals surface area contributed by atoms with Gasteiger partial charge in [-0.1, -0.05) is 17.7 Å². The maximum atomic E-state index is 11.9. The number of aliphatic hydroxyl groups is 1. The van der Waals surface area contributed by atoms with Crippen molar-refractivity contribution in [2.45, 2.75) is 31.4 Å². The second-order valence-electron chi connectivity index (χ2n) is 4.65. The Bertz CT molecular complexity index is 446. The molecule has 5 heteroatoms. The zero-order valence-electron chi connectivity index (χ0n) is 10.1. The van der Waals surface area contributed by atoms with Gasteiger partial charge in [0.25, 0.3) is 5.91 Å². The monoisotopic (exact) mass is 269 g/mol. The Morgan fingerprint density at radius 1 is 1.61 bits per heavy atom. The van der Waals surface area contributed by atoms with Crippen molar-refractivity contribution in [3.63, 3.8) is 0 Å². The zero-order valence-corrected chi connectivity index (χ0v) is 10.9. The van der Waals surface area contributed by atoms with Crippen LogP contribution >= 0.6 is 11.6 Å². The molecule has 0 radical (unpaired) electrons. The second-order valence-corrected chi connectivity index (χ2v) is 5.08. The van der Waals surface area contributed by atoms with E-state index >= 15 is 0 Å². The maximum absolute atomic E-state index is 11.9. The molecule has 0 aromatic heterocycles. The number of carbonyl (C=O) groups is 1. The van der Waals surface area contributed by atoms with Crippen LogP contribution in [0.15, 0.2) is 24.3 Å². The van der Waals surface area contributed by atoms with Gasteiger partial charge in [-0.25, -0.2) is 0 Å². The predicted molar refractivity (Wildman–Crippen MR) is 68.7 cm³/mol. The van der Waals surface area contributed by atoms with E-state index in [1.165, 1.54) is 0 Å². The van der Waals surface area contributed by atoms with Gasteiger partial charge in [0.15, 0.2) is 6.10 Å². The fourth-order valence-electron chi connectivity index (χ4n) is 1.63. The summed E-state index contributed by atoms with van der Waals surface area (Å²) >= 11 is 5.83. The first-order valence-electron chi connectivity index (χ1n) is 5.90. The molecule has 0 saturated heterocycles. The van der Waals surface area contributed by atoms with Crippen LogP contribution in [-0.4, -0.2) is 29.3 Å². The van der Waals surface area contributed by atoms with Gasteiger partial charge in [-0.3, -0.25) is 4.79 Å². The minimum absolute atomic E-state index is 0.0252. The molecule has 18 heavy (non-hydrogen) atoms. The summed E-state index contributed by atoms with van der Waals surface area (Å²) in [6.07, 6.45) is 1.02. The van der Waals surface area contributed by atoms with Crippen LogP contribution in [0.3, 0.4) is 0 Å². The van der Waals surface area contributed by atoms with E-state index in [2.05, 4.69) is 5.32 Å². The Hall–Kier alpha value is -1.26. The van der Waals surface area contributed by atoms with Gasteiger partial charge in [0, 0.05) is 5.02 Å². The van der Waals surface area contributed by atoms with E-state index in [0.717, 1.165) is 12.8 Å². The van der Waals surface area contributed by atoms with Crippen molar-refractivity contribution >= 4 is 17.5 Å². The standard InChI is InChI=1S/C13H16ClNO3/c1-9(12(17)15-13(8-16)5-6-13)18-11-4-2-3-10(14)7-11/h2-4,7,9,16H,5-6,8H2,1H3,(H,15,17). The lowest BCUT2D eigenvalue weighted by Gasteiger charge is -2.19. The molecular weight excluding hydrogens is 254 g/mol.